The number of halogens is 2. The Kier molecular flexibility index (Phi) is 7.29. The molecule has 1 atom stereocenters. The highest BCUT2D eigenvalue weighted by atomic mass is 19.2. The molecular formula is C20H26F2N2O5. The van der Waals surface area contributed by atoms with Crippen LogP contribution in [0.5, 0.6) is 0 Å². The van der Waals surface area contributed by atoms with Crippen molar-refractivity contribution >= 4 is 17.8 Å². The summed E-state index contributed by atoms with van der Waals surface area (Å²) >= 11 is 0. The zero-order chi connectivity index (χ0) is 21.8. The maximum Gasteiger partial charge on any atom is 0.325 e. The average molecular weight is 412 g/mol. The van der Waals surface area contributed by atoms with Crippen LogP contribution in [0.1, 0.15) is 45.6 Å². The summed E-state index contributed by atoms with van der Waals surface area (Å²) in [4.78, 5) is 36.7. The van der Waals surface area contributed by atoms with Gasteiger partial charge in [0.15, 0.2) is 11.6 Å². The first-order valence-corrected chi connectivity index (χ1v) is 9.46. The molecule has 0 unspecified atom stereocenters. The summed E-state index contributed by atoms with van der Waals surface area (Å²) in [7, 11) is 0. The summed E-state index contributed by atoms with van der Waals surface area (Å²) in [6.07, 6.45) is 0.140. The fourth-order valence-corrected chi connectivity index (χ4v) is 3.22. The normalized spacial score (nSPS) is 19.4. The number of amides is 1. The third-order valence-electron chi connectivity index (χ3n) is 4.87. The summed E-state index contributed by atoms with van der Waals surface area (Å²) in [5.41, 5.74) is -1.52. The van der Waals surface area contributed by atoms with Crippen LogP contribution in [0, 0.1) is 17.6 Å². The number of hydrogen-bond donors (Lipinski definition) is 1. The van der Waals surface area contributed by atoms with E-state index in [2.05, 4.69) is 0 Å². The van der Waals surface area contributed by atoms with E-state index >= 15 is 0 Å². The molecule has 1 aromatic carbocycles. The van der Waals surface area contributed by atoms with Crippen LogP contribution in [0.15, 0.2) is 18.2 Å². The molecule has 7 nitrogen and oxygen atoms in total. The zero-order valence-corrected chi connectivity index (χ0v) is 16.8. The smallest absolute Gasteiger partial charge is 0.325 e. The van der Waals surface area contributed by atoms with E-state index in [1.165, 1.54) is 24.1 Å². The number of hydrogen-bond acceptors (Lipinski definition) is 5. The van der Waals surface area contributed by atoms with Crippen LogP contribution in [0.2, 0.25) is 0 Å². The Balaban J connectivity index is 2.30. The van der Waals surface area contributed by atoms with Gasteiger partial charge in [0, 0.05) is 12.1 Å². The van der Waals surface area contributed by atoms with Crippen molar-refractivity contribution in [2.24, 2.45) is 5.92 Å². The first-order valence-electron chi connectivity index (χ1n) is 9.46. The number of rotatable bonds is 8. The van der Waals surface area contributed by atoms with Crippen LogP contribution in [-0.2, 0) is 25.7 Å². The second-order valence-corrected chi connectivity index (χ2v) is 7.72. The number of esters is 1. The zero-order valence-electron chi connectivity index (χ0n) is 16.8. The molecule has 9 heteroatoms. The molecule has 0 radical (unpaired) electrons. The topological polar surface area (TPSA) is 87.2 Å². The van der Waals surface area contributed by atoms with Gasteiger partial charge in [-0.15, -0.1) is 0 Å². The van der Waals surface area contributed by atoms with E-state index in [-0.39, 0.29) is 31.1 Å². The standard InChI is InChI=1S/C20H26F2N2O5/c1-13(2)12-29-17(26)10-16(25)23(11-14-6-4-7-15(21)18(14)22)24-9-5-8-20(24,3)19(27)28/h4,6-7,13H,5,8-12H2,1-3H3,(H,27,28)/t20-/m1/s1. The molecule has 160 valence electrons. The van der Waals surface area contributed by atoms with Gasteiger partial charge in [0.1, 0.15) is 12.0 Å². The fraction of sp³-hybridized carbons (Fsp3) is 0.550. The third kappa shape index (κ3) is 5.29. The Morgan fingerprint density at radius 2 is 2.00 bits per heavy atom. The van der Waals surface area contributed by atoms with Crippen LogP contribution < -0.4 is 0 Å². The minimum absolute atomic E-state index is 0.0837. The number of ether oxygens (including phenoxy) is 1. The van der Waals surface area contributed by atoms with Gasteiger partial charge in [0.2, 0.25) is 5.91 Å². The summed E-state index contributed by atoms with van der Waals surface area (Å²) < 4.78 is 32.8. The lowest BCUT2D eigenvalue weighted by molar-refractivity contribution is -0.175. The lowest BCUT2D eigenvalue weighted by Crippen LogP contribution is -2.58. The highest BCUT2D eigenvalue weighted by Gasteiger charge is 2.47. The Bertz CT molecular complexity index is 786. The van der Waals surface area contributed by atoms with Crippen LogP contribution in [0.4, 0.5) is 8.78 Å². The van der Waals surface area contributed by atoms with Gasteiger partial charge < -0.3 is 9.84 Å². The molecule has 29 heavy (non-hydrogen) atoms. The van der Waals surface area contributed by atoms with E-state index in [4.69, 9.17) is 4.74 Å². The van der Waals surface area contributed by atoms with Crippen molar-refractivity contribution in [2.75, 3.05) is 13.2 Å². The second kappa shape index (κ2) is 9.30. The van der Waals surface area contributed by atoms with E-state index in [0.717, 1.165) is 11.1 Å². The minimum atomic E-state index is -1.40. The molecular weight excluding hydrogens is 386 g/mol. The van der Waals surface area contributed by atoms with Gasteiger partial charge in [-0.25, -0.2) is 13.8 Å². The number of hydrazine groups is 1. The van der Waals surface area contributed by atoms with Gasteiger partial charge in [-0.1, -0.05) is 26.0 Å². The summed E-state index contributed by atoms with van der Waals surface area (Å²) in [6, 6.07) is 3.56. The number of carbonyl (C=O) groups is 3. The van der Waals surface area contributed by atoms with Crippen LogP contribution in [0.25, 0.3) is 0 Å². The Morgan fingerprint density at radius 1 is 1.31 bits per heavy atom. The number of carboxylic acids is 1. The molecule has 0 bridgehead atoms. The molecule has 1 aliphatic heterocycles. The molecule has 1 N–H and O–H groups in total. The predicted octanol–water partition coefficient (Wildman–Crippen LogP) is 2.74. The number of carbonyl (C=O) groups excluding carboxylic acids is 2. The largest absolute Gasteiger partial charge is 0.480 e. The average Bonchev–Trinajstić information content (AvgIpc) is 3.04. The number of aliphatic carboxylic acids is 1. The molecule has 0 spiro atoms. The van der Waals surface area contributed by atoms with Crippen molar-refractivity contribution in [3.63, 3.8) is 0 Å². The molecule has 0 aliphatic carbocycles. The molecule has 1 aliphatic rings. The van der Waals surface area contributed by atoms with Gasteiger partial charge >= 0.3 is 11.9 Å². The van der Waals surface area contributed by atoms with Crippen molar-refractivity contribution in [3.05, 3.63) is 35.4 Å². The van der Waals surface area contributed by atoms with Gasteiger partial charge in [-0.3, -0.25) is 19.4 Å². The highest BCUT2D eigenvalue weighted by Crippen LogP contribution is 2.32. The second-order valence-electron chi connectivity index (χ2n) is 7.72. The van der Waals surface area contributed by atoms with Crippen molar-refractivity contribution < 1.29 is 33.0 Å². The van der Waals surface area contributed by atoms with Crippen molar-refractivity contribution in [2.45, 2.75) is 52.1 Å². The van der Waals surface area contributed by atoms with Gasteiger partial charge in [0.05, 0.1) is 13.2 Å². The van der Waals surface area contributed by atoms with Crippen LogP contribution in [0.3, 0.4) is 0 Å². The lowest BCUT2D eigenvalue weighted by atomic mass is 10.0. The molecule has 2 rings (SSSR count). The molecule has 1 aromatic rings. The van der Waals surface area contributed by atoms with Gasteiger partial charge in [-0.2, -0.15) is 0 Å². The first-order chi connectivity index (χ1) is 13.6. The highest BCUT2D eigenvalue weighted by molar-refractivity contribution is 5.94. The molecule has 1 saturated heterocycles. The fourth-order valence-electron chi connectivity index (χ4n) is 3.22. The number of benzene rings is 1. The SMILES string of the molecule is CC(C)COC(=O)CC(=O)N(Cc1cccc(F)c1F)N1CCC[C@]1(C)C(=O)O. The monoisotopic (exact) mass is 412 g/mol. The van der Waals surface area contributed by atoms with Crippen molar-refractivity contribution in [1.82, 2.24) is 10.0 Å². The van der Waals surface area contributed by atoms with E-state index in [1.807, 2.05) is 13.8 Å². The van der Waals surface area contributed by atoms with Crippen LogP contribution >= 0.6 is 0 Å². The Labute approximate surface area is 168 Å². The third-order valence-corrected chi connectivity index (χ3v) is 4.87. The number of carboxylic acid groups (broad SMARTS) is 1. The molecule has 0 aromatic heterocycles. The predicted molar refractivity (Wildman–Crippen MR) is 99.3 cm³/mol. The summed E-state index contributed by atoms with van der Waals surface area (Å²) in [5.74, 6) is -4.76. The van der Waals surface area contributed by atoms with E-state index in [0.29, 0.717) is 6.42 Å². The maximum atomic E-state index is 14.2. The first kappa shape index (κ1) is 22.7. The van der Waals surface area contributed by atoms with E-state index in [1.54, 1.807) is 0 Å². The Morgan fingerprint density at radius 3 is 2.62 bits per heavy atom. The molecule has 1 fully saturated rings. The van der Waals surface area contributed by atoms with Crippen molar-refractivity contribution in [1.29, 1.82) is 0 Å². The van der Waals surface area contributed by atoms with Crippen LogP contribution in [-0.4, -0.2) is 51.7 Å². The van der Waals surface area contributed by atoms with Gasteiger partial charge in [-0.05, 0) is 31.7 Å². The molecule has 1 heterocycles. The minimum Gasteiger partial charge on any atom is -0.480 e. The van der Waals surface area contributed by atoms with Crippen molar-refractivity contribution in [3.8, 4) is 0 Å². The maximum absolute atomic E-state index is 14.2. The van der Waals surface area contributed by atoms with E-state index < -0.39 is 48.0 Å². The summed E-state index contributed by atoms with van der Waals surface area (Å²) in [5, 5.41) is 12.0. The van der Waals surface area contributed by atoms with Gasteiger partial charge in [0.25, 0.3) is 0 Å². The summed E-state index contributed by atoms with van der Waals surface area (Å²) in [6.45, 7) is 5.12. The molecule has 0 saturated carbocycles. The van der Waals surface area contributed by atoms with E-state index in [9.17, 15) is 28.3 Å². The lowest BCUT2D eigenvalue weighted by Gasteiger charge is -2.40. The molecule has 1 amide bonds. The Hall–Kier alpha value is -2.55. The number of nitrogens with zero attached hydrogens (tertiary/aromatic N) is 2. The quantitative estimate of drug-likeness (QED) is 0.522.